The van der Waals surface area contributed by atoms with Crippen LogP contribution in [0.15, 0.2) is 53.9 Å². The Bertz CT molecular complexity index is 821. The van der Waals surface area contributed by atoms with Crippen molar-refractivity contribution in [1.82, 2.24) is 4.98 Å². The average molecular weight is 322 g/mol. The number of nitrogens with zero attached hydrogens (tertiary/aromatic N) is 1. The number of benzene rings is 2. The molecular weight excluding hydrogens is 304 g/mol. The van der Waals surface area contributed by atoms with E-state index >= 15 is 0 Å². The minimum Gasteiger partial charge on any atom is -0.322 e. The first kappa shape index (κ1) is 15.4. The van der Waals surface area contributed by atoms with Crippen LogP contribution >= 0.6 is 11.3 Å². The van der Waals surface area contributed by atoms with Gasteiger partial charge in [-0.05, 0) is 37.1 Å². The lowest BCUT2D eigenvalue weighted by Crippen LogP contribution is -2.13. The van der Waals surface area contributed by atoms with Gasteiger partial charge in [0.15, 0.2) is 0 Å². The van der Waals surface area contributed by atoms with Crippen LogP contribution in [0.3, 0.4) is 0 Å². The van der Waals surface area contributed by atoms with E-state index in [1.54, 1.807) is 11.3 Å². The molecule has 0 radical (unpaired) electrons. The Hall–Kier alpha value is -2.46. The maximum atomic E-state index is 12.4. The van der Waals surface area contributed by atoms with Crippen LogP contribution in [0.2, 0.25) is 0 Å². The van der Waals surface area contributed by atoms with Crippen molar-refractivity contribution in [1.29, 1.82) is 0 Å². The lowest BCUT2D eigenvalue weighted by atomic mass is 10.1. The zero-order valence-electron chi connectivity index (χ0n) is 13.2. The van der Waals surface area contributed by atoms with Crippen LogP contribution in [0, 0.1) is 6.92 Å². The molecule has 1 amide bonds. The zero-order chi connectivity index (χ0) is 16.2. The van der Waals surface area contributed by atoms with Gasteiger partial charge in [-0.25, -0.2) is 4.98 Å². The third-order valence-electron chi connectivity index (χ3n) is 3.71. The first-order valence-electron chi connectivity index (χ1n) is 7.59. The molecule has 0 atom stereocenters. The number of anilines is 1. The number of rotatable bonds is 4. The molecule has 0 fully saturated rings. The third-order valence-corrected chi connectivity index (χ3v) is 4.48. The monoisotopic (exact) mass is 322 g/mol. The van der Waals surface area contributed by atoms with Gasteiger partial charge in [0, 0.05) is 22.2 Å². The number of hydrogen-bond acceptors (Lipinski definition) is 3. The van der Waals surface area contributed by atoms with Gasteiger partial charge in [-0.3, -0.25) is 4.79 Å². The fourth-order valence-electron chi connectivity index (χ4n) is 2.43. The van der Waals surface area contributed by atoms with E-state index in [9.17, 15) is 4.79 Å². The Morgan fingerprint density at radius 2 is 1.87 bits per heavy atom. The number of para-hydroxylation sites is 1. The summed E-state index contributed by atoms with van der Waals surface area (Å²) in [4.78, 5) is 16.9. The molecule has 116 valence electrons. The van der Waals surface area contributed by atoms with Crippen LogP contribution in [0.5, 0.6) is 0 Å². The first-order chi connectivity index (χ1) is 11.2. The van der Waals surface area contributed by atoms with Gasteiger partial charge in [0.05, 0.1) is 10.7 Å². The van der Waals surface area contributed by atoms with Crippen LogP contribution in [0.4, 0.5) is 5.69 Å². The smallest absolute Gasteiger partial charge is 0.255 e. The highest BCUT2D eigenvalue weighted by atomic mass is 32.1. The van der Waals surface area contributed by atoms with Gasteiger partial charge in [0.2, 0.25) is 0 Å². The third kappa shape index (κ3) is 3.48. The topological polar surface area (TPSA) is 42.0 Å². The van der Waals surface area contributed by atoms with Crippen molar-refractivity contribution in [3.63, 3.8) is 0 Å². The van der Waals surface area contributed by atoms with Gasteiger partial charge in [0.25, 0.3) is 5.91 Å². The van der Waals surface area contributed by atoms with Crippen molar-refractivity contribution < 1.29 is 4.79 Å². The van der Waals surface area contributed by atoms with E-state index in [1.807, 2.05) is 60.8 Å². The van der Waals surface area contributed by atoms with Crippen molar-refractivity contribution in [2.75, 3.05) is 5.32 Å². The summed E-state index contributed by atoms with van der Waals surface area (Å²) in [5.74, 6) is -0.0908. The molecule has 4 heteroatoms. The molecule has 0 unspecified atom stereocenters. The number of hydrogen-bond donors (Lipinski definition) is 1. The van der Waals surface area contributed by atoms with Crippen molar-refractivity contribution in [2.45, 2.75) is 20.3 Å². The Morgan fingerprint density at radius 3 is 2.52 bits per heavy atom. The van der Waals surface area contributed by atoms with E-state index in [0.29, 0.717) is 5.56 Å². The van der Waals surface area contributed by atoms with E-state index in [0.717, 1.165) is 33.9 Å². The van der Waals surface area contributed by atoms with E-state index in [4.69, 9.17) is 0 Å². The predicted molar refractivity (Wildman–Crippen MR) is 96.1 cm³/mol. The zero-order valence-corrected chi connectivity index (χ0v) is 14.0. The molecule has 3 nitrogen and oxygen atoms in total. The number of carbonyl (C=O) groups is 1. The average Bonchev–Trinajstić information content (AvgIpc) is 3.02. The summed E-state index contributed by atoms with van der Waals surface area (Å²) in [6.45, 7) is 4.07. The van der Waals surface area contributed by atoms with Gasteiger partial charge in [0.1, 0.15) is 0 Å². The molecule has 0 aliphatic carbocycles. The van der Waals surface area contributed by atoms with Crippen LogP contribution < -0.4 is 5.32 Å². The minimum absolute atomic E-state index is 0.0908. The van der Waals surface area contributed by atoms with Crippen LogP contribution in [-0.2, 0) is 6.42 Å². The molecule has 0 bridgehead atoms. The number of thiazole rings is 1. The van der Waals surface area contributed by atoms with Crippen molar-refractivity contribution in [3.05, 3.63) is 70.0 Å². The highest BCUT2D eigenvalue weighted by molar-refractivity contribution is 7.09. The quantitative estimate of drug-likeness (QED) is 0.739. The standard InChI is InChI=1S/C19H18N2OS/c1-3-14-6-4-5-7-17(14)21-19(22)16-10-8-15(9-11-16)18-12-23-13(2)20-18/h4-12H,3H2,1-2H3,(H,21,22). The van der Waals surface area contributed by atoms with Gasteiger partial charge in [-0.1, -0.05) is 37.3 Å². The fraction of sp³-hybridized carbons (Fsp3) is 0.158. The molecule has 1 N–H and O–H groups in total. The van der Waals surface area contributed by atoms with E-state index in [1.165, 1.54) is 0 Å². The van der Waals surface area contributed by atoms with Crippen LogP contribution in [-0.4, -0.2) is 10.9 Å². The van der Waals surface area contributed by atoms with Crippen molar-refractivity contribution in [2.24, 2.45) is 0 Å². The molecule has 0 aliphatic rings. The lowest BCUT2D eigenvalue weighted by Gasteiger charge is -2.10. The Morgan fingerprint density at radius 1 is 1.13 bits per heavy atom. The maximum Gasteiger partial charge on any atom is 0.255 e. The number of aromatic nitrogens is 1. The van der Waals surface area contributed by atoms with Crippen LogP contribution in [0.25, 0.3) is 11.3 Å². The minimum atomic E-state index is -0.0908. The number of amides is 1. The van der Waals surface area contributed by atoms with Crippen molar-refractivity contribution in [3.8, 4) is 11.3 Å². The molecular formula is C19H18N2OS. The molecule has 1 heterocycles. The van der Waals surface area contributed by atoms with E-state index in [2.05, 4.69) is 17.2 Å². The number of nitrogens with one attached hydrogen (secondary N) is 1. The first-order valence-corrected chi connectivity index (χ1v) is 8.47. The molecule has 23 heavy (non-hydrogen) atoms. The molecule has 1 aromatic heterocycles. The maximum absolute atomic E-state index is 12.4. The lowest BCUT2D eigenvalue weighted by molar-refractivity contribution is 0.102. The molecule has 0 saturated heterocycles. The summed E-state index contributed by atoms with van der Waals surface area (Å²) >= 11 is 1.63. The molecule has 0 aliphatic heterocycles. The van der Waals surface area contributed by atoms with Crippen molar-refractivity contribution >= 4 is 22.9 Å². The SMILES string of the molecule is CCc1ccccc1NC(=O)c1ccc(-c2csc(C)n2)cc1. The predicted octanol–water partition coefficient (Wildman–Crippen LogP) is 4.93. The largest absolute Gasteiger partial charge is 0.322 e. The van der Waals surface area contributed by atoms with Gasteiger partial charge >= 0.3 is 0 Å². The summed E-state index contributed by atoms with van der Waals surface area (Å²) in [5.41, 5.74) is 4.64. The Kier molecular flexibility index (Phi) is 4.53. The highest BCUT2D eigenvalue weighted by Crippen LogP contribution is 2.22. The number of carbonyl (C=O) groups excluding carboxylic acids is 1. The Labute approximate surface area is 140 Å². The Balaban J connectivity index is 1.78. The second-order valence-corrected chi connectivity index (χ2v) is 6.36. The van der Waals surface area contributed by atoms with Gasteiger partial charge in [-0.2, -0.15) is 0 Å². The summed E-state index contributed by atoms with van der Waals surface area (Å²) < 4.78 is 0. The number of aryl methyl sites for hydroxylation is 2. The van der Waals surface area contributed by atoms with Crippen LogP contribution in [0.1, 0.15) is 27.9 Å². The van der Waals surface area contributed by atoms with Gasteiger partial charge < -0.3 is 5.32 Å². The summed E-state index contributed by atoms with van der Waals surface area (Å²) in [5, 5.41) is 6.06. The van der Waals surface area contributed by atoms with Gasteiger partial charge in [-0.15, -0.1) is 11.3 Å². The highest BCUT2D eigenvalue weighted by Gasteiger charge is 2.09. The van der Waals surface area contributed by atoms with E-state index < -0.39 is 0 Å². The summed E-state index contributed by atoms with van der Waals surface area (Å²) in [6, 6.07) is 15.4. The summed E-state index contributed by atoms with van der Waals surface area (Å²) in [7, 11) is 0. The molecule has 0 saturated carbocycles. The van der Waals surface area contributed by atoms with E-state index in [-0.39, 0.29) is 5.91 Å². The molecule has 3 aromatic rings. The second kappa shape index (κ2) is 6.75. The molecule has 0 spiro atoms. The summed E-state index contributed by atoms with van der Waals surface area (Å²) in [6.07, 6.45) is 0.887. The fourth-order valence-corrected chi connectivity index (χ4v) is 3.06. The molecule has 3 rings (SSSR count). The second-order valence-electron chi connectivity index (χ2n) is 5.29. The molecule has 2 aromatic carbocycles. The normalized spacial score (nSPS) is 10.5.